The second-order valence-electron chi connectivity index (χ2n) is 8.01. The molecule has 186 valence electrons. The first-order valence-electron chi connectivity index (χ1n) is 11.1. The largest absolute Gasteiger partial charge is 0.490 e. The molecule has 0 N–H and O–H groups in total. The Morgan fingerprint density at radius 3 is 2.61 bits per heavy atom. The number of hydrogen-bond acceptors (Lipinski definition) is 5. The van der Waals surface area contributed by atoms with Gasteiger partial charge in [-0.3, -0.25) is 14.5 Å². The zero-order valence-electron chi connectivity index (χ0n) is 19.5. The monoisotopic (exact) mass is 637 g/mol. The van der Waals surface area contributed by atoms with Crippen molar-refractivity contribution in [2.75, 3.05) is 6.61 Å². The van der Waals surface area contributed by atoms with Crippen molar-refractivity contribution in [1.82, 2.24) is 4.90 Å². The molecule has 36 heavy (non-hydrogen) atoms. The Hall–Kier alpha value is -2.56. The molecule has 0 spiro atoms. The molecule has 0 radical (unpaired) electrons. The highest BCUT2D eigenvalue weighted by atomic mass is 127. The smallest absolute Gasteiger partial charge is 0.293 e. The van der Waals surface area contributed by atoms with Gasteiger partial charge in [0.15, 0.2) is 11.5 Å². The summed E-state index contributed by atoms with van der Waals surface area (Å²) in [4.78, 5) is 27.2. The number of amides is 2. The van der Waals surface area contributed by atoms with Crippen LogP contribution in [-0.2, 0) is 17.9 Å². The summed E-state index contributed by atoms with van der Waals surface area (Å²) in [6.07, 6.45) is 1.67. The van der Waals surface area contributed by atoms with Crippen molar-refractivity contribution in [3.05, 3.63) is 96.2 Å². The number of aryl methyl sites for hydroxylation is 1. The molecule has 0 unspecified atom stereocenters. The summed E-state index contributed by atoms with van der Waals surface area (Å²) < 4.78 is 26.6. The van der Waals surface area contributed by atoms with Gasteiger partial charge >= 0.3 is 0 Å². The quantitative estimate of drug-likeness (QED) is 0.188. The lowest BCUT2D eigenvalue weighted by Gasteiger charge is -2.16. The highest BCUT2D eigenvalue weighted by Gasteiger charge is 2.35. The lowest BCUT2D eigenvalue weighted by atomic mass is 10.1. The Morgan fingerprint density at radius 1 is 1.11 bits per heavy atom. The fourth-order valence-electron chi connectivity index (χ4n) is 3.67. The maximum atomic E-state index is 14.2. The van der Waals surface area contributed by atoms with Gasteiger partial charge in [0.1, 0.15) is 12.4 Å². The van der Waals surface area contributed by atoms with E-state index in [1.807, 2.05) is 44.2 Å². The second-order valence-corrected chi connectivity index (χ2v) is 10.6. The second kappa shape index (κ2) is 11.7. The Labute approximate surface area is 231 Å². The van der Waals surface area contributed by atoms with Crippen molar-refractivity contribution in [3.8, 4) is 11.5 Å². The number of halogens is 3. The van der Waals surface area contributed by atoms with Gasteiger partial charge in [-0.05, 0) is 89.7 Å². The first-order valence-corrected chi connectivity index (χ1v) is 13.4. The molecule has 0 aliphatic carbocycles. The summed E-state index contributed by atoms with van der Waals surface area (Å²) >= 11 is 9.13. The summed E-state index contributed by atoms with van der Waals surface area (Å²) in [6, 6.07) is 15.7. The summed E-state index contributed by atoms with van der Waals surface area (Å²) in [5, 5.41) is -0.0322. The van der Waals surface area contributed by atoms with Crippen LogP contribution < -0.4 is 9.47 Å². The van der Waals surface area contributed by atoms with E-state index in [9.17, 15) is 14.0 Å². The SMILES string of the molecule is CCOc1cc(/C=C2\SC(=O)N(Cc3cccc(C)c3)C2=O)cc(I)c1OCc1c(F)cccc1Cl. The number of benzene rings is 3. The molecule has 1 saturated heterocycles. The van der Waals surface area contributed by atoms with Gasteiger partial charge in [-0.15, -0.1) is 0 Å². The predicted molar refractivity (Wildman–Crippen MR) is 149 cm³/mol. The molecule has 4 rings (SSSR count). The van der Waals surface area contributed by atoms with Crippen molar-refractivity contribution < 1.29 is 23.5 Å². The van der Waals surface area contributed by atoms with Crippen LogP contribution in [0.4, 0.5) is 9.18 Å². The van der Waals surface area contributed by atoms with Gasteiger partial charge < -0.3 is 9.47 Å². The predicted octanol–water partition coefficient (Wildman–Crippen LogP) is 7.61. The third kappa shape index (κ3) is 6.04. The summed E-state index contributed by atoms with van der Waals surface area (Å²) in [5.41, 5.74) is 2.89. The lowest BCUT2D eigenvalue weighted by molar-refractivity contribution is -0.123. The van der Waals surface area contributed by atoms with Crippen LogP contribution in [0, 0.1) is 16.3 Å². The Balaban J connectivity index is 1.57. The van der Waals surface area contributed by atoms with Gasteiger partial charge in [-0.25, -0.2) is 4.39 Å². The van der Waals surface area contributed by atoms with E-state index in [-0.39, 0.29) is 34.9 Å². The fourth-order valence-corrected chi connectivity index (χ4v) is 5.51. The number of ether oxygens (including phenoxy) is 2. The fraction of sp³-hybridized carbons (Fsp3) is 0.185. The maximum Gasteiger partial charge on any atom is 0.293 e. The maximum absolute atomic E-state index is 14.2. The number of rotatable bonds is 8. The van der Waals surface area contributed by atoms with Crippen LogP contribution in [0.15, 0.2) is 59.5 Å². The van der Waals surface area contributed by atoms with Crippen molar-refractivity contribution in [2.45, 2.75) is 27.0 Å². The summed E-state index contributed by atoms with van der Waals surface area (Å²) in [7, 11) is 0. The zero-order chi connectivity index (χ0) is 25.8. The van der Waals surface area contributed by atoms with Gasteiger partial charge in [0.05, 0.1) is 26.6 Å². The minimum atomic E-state index is -0.450. The molecule has 2 amide bonds. The Morgan fingerprint density at radius 2 is 1.89 bits per heavy atom. The molecule has 1 aliphatic rings. The Kier molecular flexibility index (Phi) is 8.58. The van der Waals surface area contributed by atoms with E-state index < -0.39 is 5.82 Å². The van der Waals surface area contributed by atoms with Crippen molar-refractivity contribution in [3.63, 3.8) is 0 Å². The standard InChI is InChI=1S/C27H22ClFINO4S/c1-3-34-23-12-18(11-22(30)25(23)35-15-19-20(28)8-5-9-21(19)29)13-24-26(32)31(27(33)36-24)14-17-7-4-6-16(2)10-17/h4-13H,3,14-15H2,1-2H3/b24-13-. The molecule has 9 heteroatoms. The number of carbonyl (C=O) groups is 2. The van der Waals surface area contributed by atoms with E-state index >= 15 is 0 Å². The third-order valence-corrected chi connectivity index (χ3v) is 7.41. The Bertz CT molecular complexity index is 1340. The molecule has 5 nitrogen and oxygen atoms in total. The summed E-state index contributed by atoms with van der Waals surface area (Å²) in [6.45, 7) is 4.33. The van der Waals surface area contributed by atoms with E-state index in [2.05, 4.69) is 22.6 Å². The molecule has 1 aliphatic heterocycles. The van der Waals surface area contributed by atoms with Gasteiger partial charge in [-0.2, -0.15) is 0 Å². The number of imide groups is 1. The van der Waals surface area contributed by atoms with Crippen LogP contribution >= 0.6 is 46.0 Å². The number of thioether (sulfide) groups is 1. The van der Waals surface area contributed by atoms with Gasteiger partial charge in [0.25, 0.3) is 11.1 Å². The van der Waals surface area contributed by atoms with Crippen LogP contribution in [-0.4, -0.2) is 22.7 Å². The number of carbonyl (C=O) groups excluding carboxylic acids is 2. The van der Waals surface area contributed by atoms with Crippen molar-refractivity contribution in [1.29, 1.82) is 0 Å². The van der Waals surface area contributed by atoms with E-state index in [1.54, 1.807) is 18.2 Å². The average molecular weight is 638 g/mol. The topological polar surface area (TPSA) is 55.8 Å². The first kappa shape index (κ1) is 26.5. The van der Waals surface area contributed by atoms with E-state index in [1.165, 1.54) is 17.0 Å². The lowest BCUT2D eigenvalue weighted by Crippen LogP contribution is -2.27. The normalized spacial score (nSPS) is 14.6. The zero-order valence-corrected chi connectivity index (χ0v) is 23.2. The van der Waals surface area contributed by atoms with Gasteiger partial charge in [-0.1, -0.05) is 47.5 Å². The molecule has 0 atom stereocenters. The van der Waals surface area contributed by atoms with Crippen LogP contribution in [0.3, 0.4) is 0 Å². The molecule has 0 saturated carbocycles. The van der Waals surface area contributed by atoms with Crippen LogP contribution in [0.5, 0.6) is 11.5 Å². The molecule has 3 aromatic rings. The van der Waals surface area contributed by atoms with E-state index in [4.69, 9.17) is 21.1 Å². The first-order chi connectivity index (χ1) is 17.3. The molecule has 1 heterocycles. The van der Waals surface area contributed by atoms with Crippen LogP contribution in [0.2, 0.25) is 5.02 Å². The number of hydrogen-bond donors (Lipinski definition) is 0. The molecular weight excluding hydrogens is 616 g/mol. The average Bonchev–Trinajstić information content (AvgIpc) is 3.07. The molecule has 0 bridgehead atoms. The molecule has 3 aromatic carbocycles. The number of nitrogens with zero attached hydrogens (tertiary/aromatic N) is 1. The van der Waals surface area contributed by atoms with Crippen LogP contribution in [0.25, 0.3) is 6.08 Å². The molecule has 0 aromatic heterocycles. The minimum Gasteiger partial charge on any atom is -0.490 e. The molecular formula is C27H22ClFINO4S. The van der Waals surface area contributed by atoms with E-state index in [0.29, 0.717) is 32.1 Å². The third-order valence-electron chi connectivity index (χ3n) is 5.35. The van der Waals surface area contributed by atoms with Crippen molar-refractivity contribution in [2.24, 2.45) is 0 Å². The van der Waals surface area contributed by atoms with Gasteiger partial charge in [0, 0.05) is 5.56 Å². The van der Waals surface area contributed by atoms with Crippen LogP contribution in [0.1, 0.15) is 29.2 Å². The van der Waals surface area contributed by atoms with Gasteiger partial charge in [0.2, 0.25) is 0 Å². The van der Waals surface area contributed by atoms with E-state index in [0.717, 1.165) is 22.9 Å². The minimum absolute atomic E-state index is 0.0707. The summed E-state index contributed by atoms with van der Waals surface area (Å²) in [5.74, 6) is 0.103. The molecule has 1 fully saturated rings. The van der Waals surface area contributed by atoms with Crippen molar-refractivity contribution >= 4 is 63.2 Å². The highest BCUT2D eigenvalue weighted by Crippen LogP contribution is 2.38. The highest BCUT2D eigenvalue weighted by molar-refractivity contribution is 14.1.